The Morgan fingerprint density at radius 2 is 2.18 bits per heavy atom. The molecule has 0 bridgehead atoms. The number of nitrogens with one attached hydrogen (secondary N) is 2. The Labute approximate surface area is 133 Å². The molecule has 1 saturated heterocycles. The maximum atomic E-state index is 11.9. The van der Waals surface area contributed by atoms with E-state index in [-0.39, 0.29) is 12.0 Å². The molecule has 0 aliphatic carbocycles. The van der Waals surface area contributed by atoms with Crippen LogP contribution in [0, 0.1) is 0 Å². The third-order valence-corrected chi connectivity index (χ3v) is 3.59. The van der Waals surface area contributed by atoms with Crippen molar-refractivity contribution in [3.05, 3.63) is 47.6 Å². The summed E-state index contributed by atoms with van der Waals surface area (Å²) in [6.07, 6.45) is 2.97. The van der Waals surface area contributed by atoms with E-state index in [9.17, 15) is 4.79 Å². The molecule has 2 aromatic rings. The van der Waals surface area contributed by atoms with Gasteiger partial charge in [0, 0.05) is 17.3 Å². The predicted octanol–water partition coefficient (Wildman–Crippen LogP) is 3.60. The molecule has 1 aromatic heterocycles. The molecule has 5 nitrogen and oxygen atoms in total. The van der Waals surface area contributed by atoms with Crippen LogP contribution in [-0.4, -0.2) is 23.6 Å². The summed E-state index contributed by atoms with van der Waals surface area (Å²) >= 11 is 5.94. The number of rotatable bonds is 4. The number of benzene rings is 1. The Bertz CT molecular complexity index is 655. The molecule has 22 heavy (non-hydrogen) atoms. The molecule has 1 unspecified atom stereocenters. The van der Waals surface area contributed by atoms with Crippen molar-refractivity contribution < 1.29 is 9.53 Å². The maximum Gasteiger partial charge on any atom is 0.253 e. The van der Waals surface area contributed by atoms with Gasteiger partial charge in [-0.2, -0.15) is 0 Å². The second kappa shape index (κ2) is 6.77. The fourth-order valence-electron chi connectivity index (χ4n) is 2.26. The first kappa shape index (κ1) is 14.8. The topological polar surface area (TPSA) is 63.2 Å². The van der Waals surface area contributed by atoms with Crippen LogP contribution in [0.3, 0.4) is 0 Å². The quantitative estimate of drug-likeness (QED) is 0.904. The lowest BCUT2D eigenvalue weighted by Gasteiger charge is -2.11. The summed E-state index contributed by atoms with van der Waals surface area (Å²) in [5.74, 6) is 0.562. The van der Waals surface area contributed by atoms with Gasteiger partial charge in [-0.1, -0.05) is 17.7 Å². The van der Waals surface area contributed by atoms with Gasteiger partial charge in [0.1, 0.15) is 11.9 Å². The molecule has 3 rings (SSSR count). The molecule has 1 fully saturated rings. The van der Waals surface area contributed by atoms with Crippen LogP contribution < -0.4 is 10.6 Å². The number of hydrogen-bond donors (Lipinski definition) is 2. The summed E-state index contributed by atoms with van der Waals surface area (Å²) in [5.41, 5.74) is 1.51. The molecule has 6 heteroatoms. The number of carbonyl (C=O) groups excluding carboxylic acids is 1. The van der Waals surface area contributed by atoms with Crippen molar-refractivity contribution in [3.63, 3.8) is 0 Å². The average Bonchev–Trinajstić information content (AvgIpc) is 3.04. The molecule has 2 heterocycles. The van der Waals surface area contributed by atoms with E-state index < -0.39 is 0 Å². The summed E-state index contributed by atoms with van der Waals surface area (Å²) in [6, 6.07) is 11.0. The summed E-state index contributed by atoms with van der Waals surface area (Å²) in [7, 11) is 0. The van der Waals surface area contributed by atoms with Crippen LogP contribution in [-0.2, 0) is 9.53 Å². The first-order valence-corrected chi connectivity index (χ1v) is 7.49. The lowest BCUT2D eigenvalue weighted by Crippen LogP contribution is -2.26. The summed E-state index contributed by atoms with van der Waals surface area (Å²) < 4.78 is 5.34. The molecular formula is C16H16ClN3O2. The minimum Gasteiger partial charge on any atom is -0.368 e. The number of halogens is 1. The van der Waals surface area contributed by atoms with Gasteiger partial charge in [0.15, 0.2) is 0 Å². The summed E-state index contributed by atoms with van der Waals surface area (Å²) in [5, 5.41) is 6.61. The second-order valence-corrected chi connectivity index (χ2v) is 5.49. The van der Waals surface area contributed by atoms with Crippen LogP contribution in [0.4, 0.5) is 17.2 Å². The molecule has 1 aromatic carbocycles. The van der Waals surface area contributed by atoms with Crippen LogP contribution in [0.1, 0.15) is 12.8 Å². The van der Waals surface area contributed by atoms with Gasteiger partial charge in [-0.3, -0.25) is 4.79 Å². The van der Waals surface area contributed by atoms with Crippen molar-refractivity contribution in [2.75, 3.05) is 17.2 Å². The zero-order valence-electron chi connectivity index (χ0n) is 11.9. The third-order valence-electron chi connectivity index (χ3n) is 3.35. The fourth-order valence-corrected chi connectivity index (χ4v) is 2.45. The molecule has 0 saturated carbocycles. The average molecular weight is 318 g/mol. The molecule has 114 valence electrons. The molecule has 2 N–H and O–H groups in total. The monoisotopic (exact) mass is 317 g/mol. The van der Waals surface area contributed by atoms with Gasteiger partial charge in [0.25, 0.3) is 5.91 Å². The Kier molecular flexibility index (Phi) is 4.56. The number of anilines is 3. The van der Waals surface area contributed by atoms with Crippen molar-refractivity contribution >= 4 is 34.7 Å². The van der Waals surface area contributed by atoms with Gasteiger partial charge >= 0.3 is 0 Å². The molecule has 1 aliphatic rings. The van der Waals surface area contributed by atoms with Gasteiger partial charge in [0.2, 0.25) is 0 Å². The van der Waals surface area contributed by atoms with Gasteiger partial charge in [0.05, 0.1) is 11.9 Å². The van der Waals surface area contributed by atoms with Crippen molar-refractivity contribution in [2.24, 2.45) is 0 Å². The minimum atomic E-state index is -0.343. The predicted molar refractivity (Wildman–Crippen MR) is 86.6 cm³/mol. The molecular weight excluding hydrogens is 302 g/mol. The maximum absolute atomic E-state index is 11.9. The van der Waals surface area contributed by atoms with Crippen LogP contribution in [0.5, 0.6) is 0 Å². The number of ether oxygens (including phenoxy) is 1. The smallest absolute Gasteiger partial charge is 0.253 e. The van der Waals surface area contributed by atoms with E-state index in [4.69, 9.17) is 16.3 Å². The van der Waals surface area contributed by atoms with E-state index in [0.717, 1.165) is 18.5 Å². The fraction of sp³-hybridized carbons (Fsp3) is 0.250. The van der Waals surface area contributed by atoms with E-state index in [1.165, 1.54) is 0 Å². The zero-order chi connectivity index (χ0) is 15.4. The van der Waals surface area contributed by atoms with Crippen molar-refractivity contribution in [1.82, 2.24) is 4.98 Å². The normalized spacial score (nSPS) is 17.2. The minimum absolute atomic E-state index is 0.116. The van der Waals surface area contributed by atoms with E-state index in [0.29, 0.717) is 23.1 Å². The Morgan fingerprint density at radius 1 is 1.27 bits per heavy atom. The number of hydrogen-bond acceptors (Lipinski definition) is 4. The molecule has 1 aliphatic heterocycles. The van der Waals surface area contributed by atoms with Gasteiger partial charge in [-0.25, -0.2) is 4.98 Å². The largest absolute Gasteiger partial charge is 0.368 e. The van der Waals surface area contributed by atoms with Crippen molar-refractivity contribution in [1.29, 1.82) is 0 Å². The molecule has 0 radical (unpaired) electrons. The Morgan fingerprint density at radius 3 is 2.86 bits per heavy atom. The van der Waals surface area contributed by atoms with Crippen molar-refractivity contribution in [3.8, 4) is 0 Å². The summed E-state index contributed by atoms with van der Waals surface area (Å²) in [6.45, 7) is 0.652. The van der Waals surface area contributed by atoms with Gasteiger partial charge in [-0.05, 0) is 43.2 Å². The van der Waals surface area contributed by atoms with Crippen LogP contribution in [0.2, 0.25) is 5.02 Å². The number of carbonyl (C=O) groups is 1. The van der Waals surface area contributed by atoms with Gasteiger partial charge < -0.3 is 15.4 Å². The second-order valence-electron chi connectivity index (χ2n) is 5.06. The third kappa shape index (κ3) is 3.75. The zero-order valence-corrected chi connectivity index (χ0v) is 12.6. The van der Waals surface area contributed by atoms with Crippen LogP contribution in [0.15, 0.2) is 42.6 Å². The number of pyridine rings is 1. The molecule has 0 spiro atoms. The van der Waals surface area contributed by atoms with E-state index >= 15 is 0 Å². The first-order chi connectivity index (χ1) is 10.7. The standard InChI is InChI=1S/C16H16ClN3O2/c17-11-3-1-4-12(9-11)19-15-7-6-13(10-18-15)20-16(21)14-5-2-8-22-14/h1,3-4,6-7,9-10,14H,2,5,8H2,(H,18,19)(H,20,21). The van der Waals surface area contributed by atoms with Gasteiger partial charge in [-0.15, -0.1) is 0 Å². The van der Waals surface area contributed by atoms with Crippen molar-refractivity contribution in [2.45, 2.75) is 18.9 Å². The lowest BCUT2D eigenvalue weighted by molar-refractivity contribution is -0.124. The highest BCUT2D eigenvalue weighted by molar-refractivity contribution is 6.30. The number of amides is 1. The van der Waals surface area contributed by atoms with Crippen LogP contribution >= 0.6 is 11.6 Å². The highest BCUT2D eigenvalue weighted by Crippen LogP contribution is 2.20. The first-order valence-electron chi connectivity index (χ1n) is 7.12. The Hall–Kier alpha value is -2.11. The molecule has 1 amide bonds. The van der Waals surface area contributed by atoms with E-state index in [1.807, 2.05) is 24.3 Å². The highest BCUT2D eigenvalue weighted by atomic mass is 35.5. The summed E-state index contributed by atoms with van der Waals surface area (Å²) in [4.78, 5) is 16.2. The van der Waals surface area contributed by atoms with E-state index in [2.05, 4.69) is 15.6 Å². The van der Waals surface area contributed by atoms with Crippen LogP contribution in [0.25, 0.3) is 0 Å². The van der Waals surface area contributed by atoms with E-state index in [1.54, 1.807) is 18.3 Å². The lowest BCUT2D eigenvalue weighted by atomic mass is 10.2. The number of aromatic nitrogens is 1. The number of nitrogens with zero attached hydrogens (tertiary/aromatic N) is 1. The highest BCUT2D eigenvalue weighted by Gasteiger charge is 2.23. The Balaban J connectivity index is 1.61. The SMILES string of the molecule is O=C(Nc1ccc(Nc2cccc(Cl)c2)nc1)C1CCCO1. The molecule has 1 atom stereocenters.